The molecule has 3 heterocycles. The number of carbonyl (C=O) groups is 1. The van der Waals surface area contributed by atoms with Gasteiger partial charge in [0, 0.05) is 60.9 Å². The molecule has 0 atom stereocenters. The summed E-state index contributed by atoms with van der Waals surface area (Å²) < 4.78 is 10.9. The number of piperidine rings is 1. The Morgan fingerprint density at radius 2 is 1.78 bits per heavy atom. The number of hydrogen-bond donors (Lipinski definition) is 1. The zero-order valence-corrected chi connectivity index (χ0v) is 22.0. The summed E-state index contributed by atoms with van der Waals surface area (Å²) in [6.45, 7) is 7.90. The highest BCUT2D eigenvalue weighted by Gasteiger charge is 2.41. The first-order valence-corrected chi connectivity index (χ1v) is 12.2. The van der Waals surface area contributed by atoms with Crippen LogP contribution in [0, 0.1) is 5.41 Å². The Morgan fingerprint density at radius 3 is 2.36 bits per heavy atom. The minimum atomic E-state index is -0.401. The highest BCUT2D eigenvalue weighted by atomic mass is 16.5. The predicted molar refractivity (Wildman–Crippen MR) is 142 cm³/mol. The Hall–Kier alpha value is -3.62. The molecule has 1 aromatic carbocycles. The van der Waals surface area contributed by atoms with Crippen LogP contribution in [0.2, 0.25) is 0 Å². The topological polar surface area (TPSA) is 107 Å². The molecule has 0 saturated carbocycles. The van der Waals surface area contributed by atoms with Gasteiger partial charge in [-0.15, -0.1) is 0 Å². The second-order valence-electron chi connectivity index (χ2n) is 10.5. The molecule has 3 aromatic rings. The maximum Gasteiger partial charge on any atom is 0.227 e. The van der Waals surface area contributed by atoms with Gasteiger partial charge in [0.15, 0.2) is 11.5 Å². The van der Waals surface area contributed by atoms with Gasteiger partial charge in [-0.2, -0.15) is 4.98 Å². The molecular weight excluding hydrogens is 456 g/mol. The van der Waals surface area contributed by atoms with Crippen molar-refractivity contribution in [3.05, 3.63) is 42.2 Å². The SMILES string of the molecule is COc1cc2nc(N(C)CC3(c4ccccn4)CCN(C(=O)C(C)(C)C)CC3)nc(N)c2cc1OC. The summed E-state index contributed by atoms with van der Waals surface area (Å²) >= 11 is 0. The van der Waals surface area contributed by atoms with Gasteiger partial charge in [0.2, 0.25) is 11.9 Å². The Balaban J connectivity index is 1.65. The molecule has 2 N–H and O–H groups in total. The number of hydrogen-bond acceptors (Lipinski definition) is 8. The first-order valence-electron chi connectivity index (χ1n) is 12.2. The van der Waals surface area contributed by atoms with Crippen LogP contribution >= 0.6 is 0 Å². The highest BCUT2D eigenvalue weighted by molar-refractivity contribution is 5.91. The quantitative estimate of drug-likeness (QED) is 0.556. The summed E-state index contributed by atoms with van der Waals surface area (Å²) in [7, 11) is 5.15. The summed E-state index contributed by atoms with van der Waals surface area (Å²) in [6, 6.07) is 9.62. The van der Waals surface area contributed by atoms with Crippen LogP contribution in [0.4, 0.5) is 11.8 Å². The van der Waals surface area contributed by atoms with E-state index in [4.69, 9.17) is 25.2 Å². The third-order valence-electron chi connectivity index (χ3n) is 6.96. The normalized spacial score (nSPS) is 15.6. The highest BCUT2D eigenvalue weighted by Crippen LogP contribution is 2.38. The number of benzene rings is 1. The van der Waals surface area contributed by atoms with Crippen molar-refractivity contribution >= 4 is 28.6 Å². The minimum Gasteiger partial charge on any atom is -0.493 e. The van der Waals surface area contributed by atoms with E-state index >= 15 is 0 Å². The van der Waals surface area contributed by atoms with Crippen molar-refractivity contribution in [3.8, 4) is 11.5 Å². The van der Waals surface area contributed by atoms with Crippen molar-refractivity contribution in [2.75, 3.05) is 51.5 Å². The third-order valence-corrected chi connectivity index (χ3v) is 6.96. The van der Waals surface area contributed by atoms with Crippen molar-refractivity contribution in [1.29, 1.82) is 0 Å². The van der Waals surface area contributed by atoms with Gasteiger partial charge in [-0.05, 0) is 31.0 Å². The monoisotopic (exact) mass is 492 g/mol. The fourth-order valence-electron chi connectivity index (χ4n) is 4.95. The van der Waals surface area contributed by atoms with Crippen LogP contribution in [0.3, 0.4) is 0 Å². The van der Waals surface area contributed by atoms with E-state index in [9.17, 15) is 4.79 Å². The molecule has 0 unspecified atom stereocenters. The standard InChI is InChI=1S/C27H36N6O3/c1-26(2,3)24(34)33-13-10-27(11-14-33,22-9-7-8-12-29-22)17-32(4)25-30-19-16-21(36-6)20(35-5)15-18(19)23(28)31-25/h7-9,12,15-16H,10-11,13-14,17H2,1-6H3,(H2,28,30,31). The predicted octanol–water partition coefficient (Wildman–Crippen LogP) is 3.67. The Morgan fingerprint density at radius 1 is 1.11 bits per heavy atom. The number of fused-ring (bicyclic) bond motifs is 1. The molecule has 0 spiro atoms. The second-order valence-corrected chi connectivity index (χ2v) is 10.5. The first-order chi connectivity index (χ1) is 17.1. The average Bonchev–Trinajstić information content (AvgIpc) is 2.87. The Kier molecular flexibility index (Phi) is 6.93. The minimum absolute atomic E-state index is 0.181. The number of likely N-dealkylation sites (tertiary alicyclic amines) is 1. The van der Waals surface area contributed by atoms with E-state index in [1.165, 1.54) is 0 Å². The molecule has 36 heavy (non-hydrogen) atoms. The number of aromatic nitrogens is 3. The number of carbonyl (C=O) groups excluding carboxylic acids is 1. The number of amides is 1. The summed E-state index contributed by atoms with van der Waals surface area (Å²) in [5, 5.41) is 0.707. The number of anilines is 2. The first kappa shape index (κ1) is 25.5. The molecule has 0 aliphatic carbocycles. The van der Waals surface area contributed by atoms with Crippen molar-refractivity contribution in [2.45, 2.75) is 39.0 Å². The molecule has 1 saturated heterocycles. The number of ether oxygens (including phenoxy) is 2. The van der Waals surface area contributed by atoms with E-state index in [2.05, 4.69) is 11.1 Å². The van der Waals surface area contributed by atoms with E-state index in [1.807, 2.05) is 62.0 Å². The largest absolute Gasteiger partial charge is 0.493 e. The molecule has 9 heteroatoms. The van der Waals surface area contributed by atoms with Crippen LogP contribution in [0.15, 0.2) is 36.5 Å². The Labute approximate surface area is 212 Å². The van der Waals surface area contributed by atoms with Crippen molar-refractivity contribution in [3.63, 3.8) is 0 Å². The average molecular weight is 493 g/mol. The molecule has 1 aliphatic heterocycles. The second kappa shape index (κ2) is 9.79. The van der Waals surface area contributed by atoms with Gasteiger partial charge in [0.25, 0.3) is 0 Å². The number of rotatable bonds is 6. The zero-order valence-electron chi connectivity index (χ0n) is 22.0. The van der Waals surface area contributed by atoms with Crippen LogP contribution in [0.25, 0.3) is 10.9 Å². The zero-order chi connectivity index (χ0) is 26.1. The molecule has 1 amide bonds. The van der Waals surface area contributed by atoms with Gasteiger partial charge >= 0.3 is 0 Å². The summed E-state index contributed by atoms with van der Waals surface area (Å²) in [5.74, 6) is 2.24. The maximum atomic E-state index is 12.9. The van der Waals surface area contributed by atoms with Crippen LogP contribution in [-0.4, -0.2) is 66.7 Å². The lowest BCUT2D eigenvalue weighted by atomic mass is 9.74. The van der Waals surface area contributed by atoms with Gasteiger partial charge < -0.3 is 25.0 Å². The van der Waals surface area contributed by atoms with Crippen LogP contribution in [-0.2, 0) is 10.2 Å². The molecular formula is C27H36N6O3. The van der Waals surface area contributed by atoms with E-state index in [1.54, 1.807) is 20.3 Å². The van der Waals surface area contributed by atoms with Crippen LogP contribution in [0.5, 0.6) is 11.5 Å². The molecule has 9 nitrogen and oxygen atoms in total. The Bertz CT molecular complexity index is 1230. The lowest BCUT2D eigenvalue weighted by Crippen LogP contribution is -2.52. The van der Waals surface area contributed by atoms with E-state index in [0.29, 0.717) is 53.8 Å². The lowest BCUT2D eigenvalue weighted by Gasteiger charge is -2.44. The van der Waals surface area contributed by atoms with Gasteiger partial charge in [0.05, 0.1) is 19.7 Å². The maximum absolute atomic E-state index is 12.9. The van der Waals surface area contributed by atoms with Crippen LogP contribution in [0.1, 0.15) is 39.3 Å². The molecule has 1 fully saturated rings. The number of likely N-dealkylation sites (N-methyl/N-ethyl adjacent to an activating group) is 1. The summed E-state index contributed by atoms with van der Waals surface area (Å²) in [4.78, 5) is 31.1. The molecule has 0 radical (unpaired) electrons. The molecule has 2 aromatic heterocycles. The number of pyridine rings is 1. The van der Waals surface area contributed by atoms with Gasteiger partial charge in [-0.3, -0.25) is 9.78 Å². The van der Waals surface area contributed by atoms with Gasteiger partial charge in [0.1, 0.15) is 5.82 Å². The molecule has 0 bridgehead atoms. The van der Waals surface area contributed by atoms with Crippen LogP contribution < -0.4 is 20.1 Å². The summed E-state index contributed by atoms with van der Waals surface area (Å²) in [6.07, 6.45) is 3.42. The van der Waals surface area contributed by atoms with E-state index < -0.39 is 5.41 Å². The van der Waals surface area contributed by atoms with Crippen molar-refractivity contribution in [1.82, 2.24) is 19.9 Å². The fraction of sp³-hybridized carbons (Fsp3) is 0.481. The summed E-state index contributed by atoms with van der Waals surface area (Å²) in [5.41, 5.74) is 7.39. The number of nitrogens with two attached hydrogens (primary N) is 1. The van der Waals surface area contributed by atoms with Gasteiger partial charge in [-0.25, -0.2) is 4.98 Å². The molecule has 192 valence electrons. The number of nitrogens with zero attached hydrogens (tertiary/aromatic N) is 5. The third kappa shape index (κ3) is 4.87. The van der Waals surface area contributed by atoms with Crippen molar-refractivity contribution in [2.24, 2.45) is 5.41 Å². The molecule has 4 rings (SSSR count). The van der Waals surface area contributed by atoms with E-state index in [0.717, 1.165) is 18.5 Å². The fourth-order valence-corrected chi connectivity index (χ4v) is 4.95. The molecule has 1 aliphatic rings. The lowest BCUT2D eigenvalue weighted by molar-refractivity contribution is -0.141. The number of methoxy groups -OCH3 is 2. The number of nitrogen functional groups attached to an aromatic ring is 1. The smallest absolute Gasteiger partial charge is 0.227 e. The van der Waals surface area contributed by atoms with Crippen molar-refractivity contribution < 1.29 is 14.3 Å². The van der Waals surface area contributed by atoms with E-state index in [-0.39, 0.29) is 11.3 Å². The van der Waals surface area contributed by atoms with Gasteiger partial charge in [-0.1, -0.05) is 26.8 Å².